The van der Waals surface area contributed by atoms with Gasteiger partial charge in [-0.05, 0) is 55.3 Å². The van der Waals surface area contributed by atoms with Gasteiger partial charge in [-0.1, -0.05) is 30.7 Å². The number of likely N-dealkylation sites (N-methyl/N-ethyl adjacent to an activating group) is 1. The lowest BCUT2D eigenvalue weighted by Gasteiger charge is -2.20. The minimum atomic E-state index is 0.244. The maximum Gasteiger partial charge on any atom is 0.0422 e. The van der Waals surface area contributed by atoms with Gasteiger partial charge < -0.3 is 5.32 Å². The van der Waals surface area contributed by atoms with Crippen molar-refractivity contribution in [3.8, 4) is 0 Å². The Hall–Kier alpha value is -1.38. The lowest BCUT2D eigenvalue weighted by Crippen LogP contribution is -2.24. The SMILES string of the molecule is CCNC(Cc1ccc(C)cn1)c1cc(Cl)ccc1C. The van der Waals surface area contributed by atoms with Crippen molar-refractivity contribution in [2.24, 2.45) is 0 Å². The standard InChI is InChI=1S/C17H21ClN2/c1-4-19-17(10-15-8-5-12(2)11-20-15)16-9-14(18)7-6-13(16)3/h5-9,11,17,19H,4,10H2,1-3H3. The molecular weight excluding hydrogens is 268 g/mol. The second-order valence-electron chi connectivity index (χ2n) is 5.14. The van der Waals surface area contributed by atoms with E-state index < -0.39 is 0 Å². The third-order valence-electron chi connectivity index (χ3n) is 3.45. The molecule has 1 unspecified atom stereocenters. The molecule has 20 heavy (non-hydrogen) atoms. The number of rotatable bonds is 5. The summed E-state index contributed by atoms with van der Waals surface area (Å²) < 4.78 is 0. The maximum atomic E-state index is 6.14. The molecule has 0 radical (unpaired) electrons. The molecule has 0 fully saturated rings. The molecule has 1 aromatic carbocycles. The number of aromatic nitrogens is 1. The molecule has 0 saturated carbocycles. The van der Waals surface area contributed by atoms with Crippen LogP contribution in [0, 0.1) is 13.8 Å². The van der Waals surface area contributed by atoms with Crippen molar-refractivity contribution in [3.05, 3.63) is 63.9 Å². The van der Waals surface area contributed by atoms with Gasteiger partial charge in [-0.3, -0.25) is 4.98 Å². The zero-order chi connectivity index (χ0) is 14.5. The van der Waals surface area contributed by atoms with Crippen LogP contribution in [-0.2, 0) is 6.42 Å². The normalized spacial score (nSPS) is 12.4. The molecule has 0 aliphatic heterocycles. The summed E-state index contributed by atoms with van der Waals surface area (Å²) in [6, 6.07) is 10.5. The summed E-state index contributed by atoms with van der Waals surface area (Å²) in [6.45, 7) is 7.22. The Morgan fingerprint density at radius 3 is 2.65 bits per heavy atom. The van der Waals surface area contributed by atoms with Crippen LogP contribution >= 0.6 is 11.6 Å². The third-order valence-corrected chi connectivity index (χ3v) is 3.69. The zero-order valence-corrected chi connectivity index (χ0v) is 13.0. The fourth-order valence-corrected chi connectivity index (χ4v) is 2.53. The number of halogens is 1. The van der Waals surface area contributed by atoms with Gasteiger partial charge in [0.25, 0.3) is 0 Å². The monoisotopic (exact) mass is 288 g/mol. The molecule has 2 aromatic rings. The van der Waals surface area contributed by atoms with Crippen LogP contribution in [0.2, 0.25) is 5.02 Å². The Kier molecular flexibility index (Phi) is 5.16. The summed E-state index contributed by atoms with van der Waals surface area (Å²) in [5, 5.41) is 4.31. The minimum Gasteiger partial charge on any atom is -0.310 e. The Morgan fingerprint density at radius 1 is 1.20 bits per heavy atom. The van der Waals surface area contributed by atoms with Crippen LogP contribution in [-0.4, -0.2) is 11.5 Å². The first-order chi connectivity index (χ1) is 9.60. The van der Waals surface area contributed by atoms with Crippen molar-refractivity contribution < 1.29 is 0 Å². The fraction of sp³-hybridized carbons (Fsp3) is 0.353. The van der Waals surface area contributed by atoms with Gasteiger partial charge in [-0.25, -0.2) is 0 Å². The third kappa shape index (κ3) is 3.81. The van der Waals surface area contributed by atoms with Gasteiger partial charge in [0.05, 0.1) is 0 Å². The first-order valence-corrected chi connectivity index (χ1v) is 7.39. The van der Waals surface area contributed by atoms with Gasteiger partial charge >= 0.3 is 0 Å². The van der Waals surface area contributed by atoms with E-state index in [0.29, 0.717) is 0 Å². The highest BCUT2D eigenvalue weighted by Gasteiger charge is 2.14. The van der Waals surface area contributed by atoms with Gasteiger partial charge in [0.15, 0.2) is 0 Å². The van der Waals surface area contributed by atoms with Gasteiger partial charge in [-0.15, -0.1) is 0 Å². The number of hydrogen-bond donors (Lipinski definition) is 1. The molecule has 0 aliphatic carbocycles. The van der Waals surface area contributed by atoms with Gasteiger partial charge in [0.1, 0.15) is 0 Å². The molecule has 0 bridgehead atoms. The van der Waals surface area contributed by atoms with Crippen LogP contribution in [0.3, 0.4) is 0 Å². The average molecular weight is 289 g/mol. The van der Waals surface area contributed by atoms with Gasteiger partial charge in [0.2, 0.25) is 0 Å². The smallest absolute Gasteiger partial charge is 0.0422 e. The molecule has 3 heteroatoms. The number of aryl methyl sites for hydroxylation is 2. The first kappa shape index (κ1) is 15.0. The van der Waals surface area contributed by atoms with E-state index in [-0.39, 0.29) is 6.04 Å². The lowest BCUT2D eigenvalue weighted by atomic mass is 9.97. The predicted molar refractivity (Wildman–Crippen MR) is 85.3 cm³/mol. The minimum absolute atomic E-state index is 0.244. The summed E-state index contributed by atoms with van der Waals surface area (Å²) in [4.78, 5) is 4.50. The molecule has 1 heterocycles. The fourth-order valence-electron chi connectivity index (χ4n) is 2.35. The number of benzene rings is 1. The first-order valence-electron chi connectivity index (χ1n) is 7.01. The molecule has 1 aromatic heterocycles. The van der Waals surface area contributed by atoms with Crippen molar-refractivity contribution in [3.63, 3.8) is 0 Å². The van der Waals surface area contributed by atoms with E-state index in [1.165, 1.54) is 16.7 Å². The van der Waals surface area contributed by atoms with Crippen molar-refractivity contribution in [1.82, 2.24) is 10.3 Å². The van der Waals surface area contributed by atoms with E-state index in [2.05, 4.69) is 55.3 Å². The highest BCUT2D eigenvalue weighted by Crippen LogP contribution is 2.24. The Bertz CT molecular complexity index is 564. The van der Waals surface area contributed by atoms with Crippen molar-refractivity contribution in [2.75, 3.05) is 6.54 Å². The van der Waals surface area contributed by atoms with Crippen molar-refractivity contribution in [1.29, 1.82) is 0 Å². The van der Waals surface area contributed by atoms with Crippen LogP contribution in [0.15, 0.2) is 36.5 Å². The molecule has 0 saturated heterocycles. The summed E-state index contributed by atoms with van der Waals surface area (Å²) in [5.41, 5.74) is 4.79. The highest BCUT2D eigenvalue weighted by atomic mass is 35.5. The Balaban J connectivity index is 2.26. The average Bonchev–Trinajstić information content (AvgIpc) is 2.43. The molecule has 0 aliphatic rings. The lowest BCUT2D eigenvalue weighted by molar-refractivity contribution is 0.541. The number of nitrogens with zero attached hydrogens (tertiary/aromatic N) is 1. The van der Waals surface area contributed by atoms with E-state index in [4.69, 9.17) is 11.6 Å². The number of pyridine rings is 1. The zero-order valence-electron chi connectivity index (χ0n) is 12.3. The van der Waals surface area contributed by atoms with E-state index >= 15 is 0 Å². The number of hydrogen-bond acceptors (Lipinski definition) is 2. The van der Waals surface area contributed by atoms with E-state index in [1.54, 1.807) is 0 Å². The topological polar surface area (TPSA) is 24.9 Å². The van der Waals surface area contributed by atoms with E-state index in [9.17, 15) is 0 Å². The van der Waals surface area contributed by atoms with Gasteiger partial charge in [-0.2, -0.15) is 0 Å². The second-order valence-corrected chi connectivity index (χ2v) is 5.58. The molecule has 2 rings (SSSR count). The van der Waals surface area contributed by atoms with Crippen LogP contribution in [0.1, 0.15) is 35.3 Å². The van der Waals surface area contributed by atoms with E-state index in [1.807, 2.05) is 12.3 Å². The summed E-state index contributed by atoms with van der Waals surface area (Å²) in [6.07, 6.45) is 2.79. The molecule has 0 amide bonds. The molecular formula is C17H21ClN2. The predicted octanol–water partition coefficient (Wildman–Crippen LogP) is 4.25. The van der Waals surface area contributed by atoms with Crippen LogP contribution < -0.4 is 5.32 Å². The highest BCUT2D eigenvalue weighted by molar-refractivity contribution is 6.30. The molecule has 1 N–H and O–H groups in total. The van der Waals surface area contributed by atoms with Gasteiger partial charge in [0, 0.05) is 29.4 Å². The largest absolute Gasteiger partial charge is 0.310 e. The summed E-state index contributed by atoms with van der Waals surface area (Å²) >= 11 is 6.14. The number of nitrogens with one attached hydrogen (secondary N) is 1. The Labute approximate surface area is 126 Å². The van der Waals surface area contributed by atoms with Crippen molar-refractivity contribution >= 4 is 11.6 Å². The quantitative estimate of drug-likeness (QED) is 0.890. The van der Waals surface area contributed by atoms with Crippen LogP contribution in [0.4, 0.5) is 0 Å². The van der Waals surface area contributed by atoms with E-state index in [0.717, 1.165) is 23.7 Å². The summed E-state index contributed by atoms with van der Waals surface area (Å²) in [5.74, 6) is 0. The second kappa shape index (κ2) is 6.87. The molecule has 2 nitrogen and oxygen atoms in total. The molecule has 0 spiro atoms. The Morgan fingerprint density at radius 2 is 2.00 bits per heavy atom. The summed E-state index contributed by atoms with van der Waals surface area (Å²) in [7, 11) is 0. The molecule has 106 valence electrons. The maximum absolute atomic E-state index is 6.14. The van der Waals surface area contributed by atoms with Crippen LogP contribution in [0.5, 0.6) is 0 Å². The van der Waals surface area contributed by atoms with Crippen molar-refractivity contribution in [2.45, 2.75) is 33.2 Å². The molecule has 1 atom stereocenters. The van der Waals surface area contributed by atoms with Crippen LogP contribution in [0.25, 0.3) is 0 Å².